The third kappa shape index (κ3) is 4.32. The minimum Gasteiger partial charge on any atom is -0.368 e. The van der Waals surface area contributed by atoms with E-state index >= 15 is 0 Å². The van der Waals surface area contributed by atoms with Gasteiger partial charge < -0.3 is 5.73 Å². The fourth-order valence-electron chi connectivity index (χ4n) is 3.41. The van der Waals surface area contributed by atoms with Crippen molar-refractivity contribution in [3.8, 4) is 28.7 Å². The third-order valence-electron chi connectivity index (χ3n) is 5.10. The lowest BCUT2D eigenvalue weighted by molar-refractivity contribution is 0.559. The maximum Gasteiger partial charge on any atom is 0.221 e. The number of nitrogens with zero attached hydrogens (tertiary/aromatic N) is 7. The van der Waals surface area contributed by atoms with Crippen molar-refractivity contribution in [3.05, 3.63) is 71.2 Å². The van der Waals surface area contributed by atoms with Crippen LogP contribution in [0.2, 0.25) is 0 Å². The van der Waals surface area contributed by atoms with E-state index in [1.54, 1.807) is 16.9 Å². The number of aromatic nitrogens is 6. The fraction of sp³-hybridized carbons (Fsp3) is 0.250. The smallest absolute Gasteiger partial charge is 0.221 e. The van der Waals surface area contributed by atoms with Crippen LogP contribution in [0.3, 0.4) is 0 Å². The van der Waals surface area contributed by atoms with Gasteiger partial charge in [-0.15, -0.1) is 5.10 Å². The molecule has 0 bridgehead atoms. The summed E-state index contributed by atoms with van der Waals surface area (Å²) in [4.78, 5) is 13.4. The van der Waals surface area contributed by atoms with Gasteiger partial charge in [-0.1, -0.05) is 50.3 Å². The summed E-state index contributed by atoms with van der Waals surface area (Å²) in [5.74, 6) is 0.108. The van der Waals surface area contributed by atoms with Gasteiger partial charge in [0.25, 0.3) is 0 Å². The lowest BCUT2D eigenvalue weighted by Crippen LogP contribution is -2.15. The van der Waals surface area contributed by atoms with Crippen molar-refractivity contribution in [1.29, 1.82) is 5.26 Å². The Balaban J connectivity index is 1.66. The molecule has 0 radical (unpaired) electrons. The molecule has 4 rings (SSSR count). The summed E-state index contributed by atoms with van der Waals surface area (Å²) in [6.45, 7) is 8.78. The number of aryl methyl sites for hydroxylation is 1. The first-order chi connectivity index (χ1) is 15.2. The maximum absolute atomic E-state index is 9.57. The molecular weight excluding hydrogens is 400 g/mol. The molecule has 0 saturated heterocycles. The zero-order valence-corrected chi connectivity index (χ0v) is 18.5. The van der Waals surface area contributed by atoms with Gasteiger partial charge in [0.15, 0.2) is 0 Å². The molecule has 2 N–H and O–H groups in total. The normalized spacial score (nSPS) is 11.3. The van der Waals surface area contributed by atoms with Crippen molar-refractivity contribution in [2.75, 3.05) is 5.73 Å². The fourth-order valence-corrected chi connectivity index (χ4v) is 3.41. The van der Waals surface area contributed by atoms with Gasteiger partial charge in [0.1, 0.15) is 11.8 Å². The van der Waals surface area contributed by atoms with Crippen LogP contribution in [-0.2, 0) is 12.0 Å². The molecule has 0 spiro atoms. The highest BCUT2D eigenvalue weighted by atomic mass is 15.4. The number of hydrogen-bond donors (Lipinski definition) is 1. The molecule has 0 saturated carbocycles. The molecule has 0 aliphatic carbocycles. The molecule has 0 atom stereocenters. The first-order valence-electron chi connectivity index (χ1n) is 10.3. The van der Waals surface area contributed by atoms with Crippen molar-refractivity contribution in [1.82, 2.24) is 29.9 Å². The lowest BCUT2D eigenvalue weighted by atomic mass is 9.91. The van der Waals surface area contributed by atoms with Crippen molar-refractivity contribution >= 4 is 5.95 Å². The molecule has 3 aromatic heterocycles. The Morgan fingerprint density at radius 1 is 1.00 bits per heavy atom. The van der Waals surface area contributed by atoms with Gasteiger partial charge in [0.2, 0.25) is 5.95 Å². The van der Waals surface area contributed by atoms with Gasteiger partial charge in [0.05, 0.1) is 35.4 Å². The van der Waals surface area contributed by atoms with Crippen LogP contribution in [0.25, 0.3) is 22.6 Å². The summed E-state index contributed by atoms with van der Waals surface area (Å²) in [6.07, 6.45) is 1.80. The van der Waals surface area contributed by atoms with E-state index in [1.807, 2.05) is 43.3 Å². The first-order valence-corrected chi connectivity index (χ1v) is 10.3. The van der Waals surface area contributed by atoms with E-state index in [0.29, 0.717) is 34.8 Å². The Morgan fingerprint density at radius 2 is 1.75 bits per heavy atom. The largest absolute Gasteiger partial charge is 0.368 e. The van der Waals surface area contributed by atoms with Crippen LogP contribution in [0, 0.1) is 18.3 Å². The summed E-state index contributed by atoms with van der Waals surface area (Å²) >= 11 is 0. The van der Waals surface area contributed by atoms with Gasteiger partial charge in [-0.2, -0.15) is 5.26 Å². The highest BCUT2D eigenvalue weighted by molar-refractivity contribution is 5.73. The highest BCUT2D eigenvalue weighted by Gasteiger charge is 2.17. The molecular formula is C24H24N8. The second kappa shape index (κ2) is 8.19. The zero-order chi connectivity index (χ0) is 22.9. The minimum atomic E-state index is -0.0313. The van der Waals surface area contributed by atoms with Crippen LogP contribution in [0.15, 0.2) is 48.7 Å². The second-order valence-electron chi connectivity index (χ2n) is 8.67. The van der Waals surface area contributed by atoms with Gasteiger partial charge in [-0.3, -0.25) is 4.98 Å². The quantitative estimate of drug-likeness (QED) is 0.527. The Morgan fingerprint density at radius 3 is 2.50 bits per heavy atom. The molecule has 0 fully saturated rings. The number of pyridine rings is 1. The van der Waals surface area contributed by atoms with Crippen LogP contribution < -0.4 is 5.73 Å². The average molecular weight is 425 g/mol. The summed E-state index contributed by atoms with van der Waals surface area (Å²) in [6, 6.07) is 15.7. The Bertz CT molecular complexity index is 1320. The maximum atomic E-state index is 9.57. The topological polar surface area (TPSA) is 119 Å². The molecule has 0 aliphatic heterocycles. The number of rotatable bonds is 4. The van der Waals surface area contributed by atoms with Crippen LogP contribution in [0.5, 0.6) is 0 Å². The number of hydrogen-bond acceptors (Lipinski definition) is 7. The van der Waals surface area contributed by atoms with Crippen LogP contribution in [-0.4, -0.2) is 29.9 Å². The average Bonchev–Trinajstić information content (AvgIpc) is 3.21. The zero-order valence-electron chi connectivity index (χ0n) is 18.5. The Labute approximate surface area is 186 Å². The van der Waals surface area contributed by atoms with Crippen molar-refractivity contribution in [2.45, 2.75) is 39.7 Å². The summed E-state index contributed by atoms with van der Waals surface area (Å²) in [7, 11) is 0. The minimum absolute atomic E-state index is 0.0313. The second-order valence-corrected chi connectivity index (χ2v) is 8.67. The van der Waals surface area contributed by atoms with Crippen molar-refractivity contribution < 1.29 is 0 Å². The van der Waals surface area contributed by atoms with Crippen LogP contribution in [0.4, 0.5) is 5.95 Å². The molecule has 0 aliphatic rings. The predicted octanol–water partition coefficient (Wildman–Crippen LogP) is 3.91. The number of anilines is 1. The third-order valence-corrected chi connectivity index (χ3v) is 5.10. The summed E-state index contributed by atoms with van der Waals surface area (Å²) in [5.41, 5.74) is 11.7. The van der Waals surface area contributed by atoms with E-state index in [1.165, 1.54) is 0 Å². The standard InChI is InChI=1S/C24H24N8/c1-15-7-5-9-17(18(15)12-25)19-11-20(29-23(26)28-19)21-14-32(31-30-21)13-16-8-6-10-22(27-16)24(2,3)4/h5-11,14H,13H2,1-4H3,(H2,26,28,29). The van der Waals surface area contributed by atoms with Crippen molar-refractivity contribution in [3.63, 3.8) is 0 Å². The highest BCUT2D eigenvalue weighted by Crippen LogP contribution is 2.27. The molecule has 4 aromatic rings. The van der Waals surface area contributed by atoms with E-state index in [9.17, 15) is 5.26 Å². The summed E-state index contributed by atoms with van der Waals surface area (Å²) < 4.78 is 1.72. The van der Waals surface area contributed by atoms with E-state index < -0.39 is 0 Å². The molecule has 0 unspecified atom stereocenters. The lowest BCUT2D eigenvalue weighted by Gasteiger charge is -2.18. The molecule has 0 amide bonds. The monoisotopic (exact) mass is 424 g/mol. The summed E-state index contributed by atoms with van der Waals surface area (Å²) in [5, 5.41) is 18.1. The molecule has 1 aromatic carbocycles. The number of benzene rings is 1. The van der Waals surface area contributed by atoms with Gasteiger partial charge in [-0.05, 0) is 30.7 Å². The molecule has 160 valence electrons. The molecule has 8 nitrogen and oxygen atoms in total. The molecule has 32 heavy (non-hydrogen) atoms. The van der Waals surface area contributed by atoms with Crippen molar-refractivity contribution in [2.24, 2.45) is 0 Å². The van der Waals surface area contributed by atoms with Crippen LogP contribution >= 0.6 is 0 Å². The SMILES string of the molecule is Cc1cccc(-c2cc(-c3cn(Cc4cccc(C(C)(C)C)n4)nn3)nc(N)n2)c1C#N. The number of nitriles is 1. The number of nitrogen functional groups attached to an aromatic ring is 1. The molecule has 3 heterocycles. The Hall–Kier alpha value is -4.12. The predicted molar refractivity (Wildman–Crippen MR) is 122 cm³/mol. The van der Waals surface area contributed by atoms with Gasteiger partial charge >= 0.3 is 0 Å². The van der Waals surface area contributed by atoms with Gasteiger partial charge in [0, 0.05) is 16.7 Å². The van der Waals surface area contributed by atoms with Crippen LogP contribution in [0.1, 0.15) is 43.3 Å². The first kappa shape index (κ1) is 21.1. The van der Waals surface area contributed by atoms with E-state index in [0.717, 1.165) is 17.0 Å². The molecule has 8 heteroatoms. The van der Waals surface area contributed by atoms with E-state index in [4.69, 9.17) is 10.7 Å². The van der Waals surface area contributed by atoms with E-state index in [-0.39, 0.29) is 11.4 Å². The Kier molecular flexibility index (Phi) is 5.41. The number of nitrogens with two attached hydrogens (primary N) is 1. The van der Waals surface area contributed by atoms with Gasteiger partial charge in [-0.25, -0.2) is 14.6 Å². The van der Waals surface area contributed by atoms with E-state index in [2.05, 4.69) is 47.1 Å².